The summed E-state index contributed by atoms with van der Waals surface area (Å²) >= 11 is 7.19. The van der Waals surface area contributed by atoms with Crippen LogP contribution >= 0.6 is 22.9 Å². The second-order valence-electron chi connectivity index (χ2n) is 4.07. The third-order valence-corrected chi connectivity index (χ3v) is 4.02. The Balaban J connectivity index is 1.95. The third kappa shape index (κ3) is 3.12. The number of carbonyl (C=O) groups is 1. The van der Waals surface area contributed by atoms with Crippen LogP contribution in [0.1, 0.15) is 26.4 Å². The van der Waals surface area contributed by atoms with Crippen LogP contribution in [0.4, 0.5) is 0 Å². The number of carbonyl (C=O) groups excluding carboxylic acids is 1. The second kappa shape index (κ2) is 6.03. The number of amides is 1. The van der Waals surface area contributed by atoms with E-state index >= 15 is 0 Å². The molecule has 2 rings (SSSR count). The van der Waals surface area contributed by atoms with E-state index in [4.69, 9.17) is 11.6 Å². The van der Waals surface area contributed by atoms with Gasteiger partial charge in [-0.05, 0) is 35.1 Å². The maximum Gasteiger partial charge on any atom is 0.261 e. The van der Waals surface area contributed by atoms with Crippen molar-refractivity contribution in [2.24, 2.45) is 0 Å². The van der Waals surface area contributed by atoms with Crippen molar-refractivity contribution in [3.05, 3.63) is 57.3 Å². The molecule has 1 aromatic carbocycles. The van der Waals surface area contributed by atoms with Gasteiger partial charge in [-0.2, -0.15) is 0 Å². The summed E-state index contributed by atoms with van der Waals surface area (Å²) in [4.78, 5) is 12.7. The van der Waals surface area contributed by atoms with Crippen molar-refractivity contribution in [2.45, 2.75) is 19.3 Å². The Hall–Kier alpha value is -1.32. The topological polar surface area (TPSA) is 29.1 Å². The Morgan fingerprint density at radius 1 is 1.22 bits per heavy atom. The van der Waals surface area contributed by atoms with Gasteiger partial charge in [0, 0.05) is 12.4 Å². The van der Waals surface area contributed by atoms with Crippen molar-refractivity contribution in [2.75, 3.05) is 0 Å². The number of halogens is 1. The maximum absolute atomic E-state index is 11.9. The molecule has 0 fully saturated rings. The standard InChI is InChI=1S/C14H14ClNOS/c1-10-6-7-18-13(10)14(17)16-9-12-4-2-11(8-15)3-5-12/h2-7H,8-9H2,1H3,(H,16,17). The predicted octanol–water partition coefficient (Wildman–Crippen LogP) is 3.73. The van der Waals surface area contributed by atoms with Gasteiger partial charge in [-0.25, -0.2) is 0 Å². The van der Waals surface area contributed by atoms with Crippen LogP contribution < -0.4 is 5.32 Å². The first-order chi connectivity index (χ1) is 8.70. The summed E-state index contributed by atoms with van der Waals surface area (Å²) < 4.78 is 0. The average Bonchev–Trinajstić information content (AvgIpc) is 2.83. The first kappa shape index (κ1) is 13.1. The summed E-state index contributed by atoms with van der Waals surface area (Å²) in [6.07, 6.45) is 0. The van der Waals surface area contributed by atoms with E-state index in [-0.39, 0.29) is 5.91 Å². The van der Waals surface area contributed by atoms with E-state index in [2.05, 4.69) is 5.32 Å². The van der Waals surface area contributed by atoms with E-state index in [0.717, 1.165) is 21.6 Å². The zero-order chi connectivity index (χ0) is 13.0. The van der Waals surface area contributed by atoms with E-state index in [1.54, 1.807) is 0 Å². The minimum atomic E-state index is -0.0103. The highest BCUT2D eigenvalue weighted by Crippen LogP contribution is 2.15. The molecular weight excluding hydrogens is 266 g/mol. The minimum absolute atomic E-state index is 0.0103. The number of nitrogens with one attached hydrogen (secondary N) is 1. The molecule has 2 aromatic rings. The van der Waals surface area contributed by atoms with Gasteiger partial charge in [0.1, 0.15) is 0 Å². The number of hydrogen-bond donors (Lipinski definition) is 1. The van der Waals surface area contributed by atoms with Crippen molar-refractivity contribution in [1.82, 2.24) is 5.32 Å². The molecule has 0 atom stereocenters. The van der Waals surface area contributed by atoms with Gasteiger partial charge in [0.15, 0.2) is 0 Å². The highest BCUT2D eigenvalue weighted by molar-refractivity contribution is 7.12. The summed E-state index contributed by atoms with van der Waals surface area (Å²) in [6.45, 7) is 2.49. The molecule has 1 N–H and O–H groups in total. The van der Waals surface area contributed by atoms with Crippen molar-refractivity contribution in [1.29, 1.82) is 0 Å². The number of benzene rings is 1. The highest BCUT2D eigenvalue weighted by Gasteiger charge is 2.09. The second-order valence-corrected chi connectivity index (χ2v) is 5.25. The van der Waals surface area contributed by atoms with E-state index < -0.39 is 0 Å². The Morgan fingerprint density at radius 2 is 1.89 bits per heavy atom. The predicted molar refractivity (Wildman–Crippen MR) is 76.2 cm³/mol. The van der Waals surface area contributed by atoms with Crippen LogP contribution in [0.3, 0.4) is 0 Å². The Kier molecular flexibility index (Phi) is 4.39. The molecule has 0 saturated carbocycles. The minimum Gasteiger partial charge on any atom is -0.347 e. The van der Waals surface area contributed by atoms with Gasteiger partial charge >= 0.3 is 0 Å². The number of hydrogen-bond acceptors (Lipinski definition) is 2. The van der Waals surface area contributed by atoms with Crippen molar-refractivity contribution in [3.63, 3.8) is 0 Å². The van der Waals surface area contributed by atoms with Crippen LogP contribution in [-0.4, -0.2) is 5.91 Å². The van der Waals surface area contributed by atoms with Gasteiger partial charge in [0.25, 0.3) is 5.91 Å². The first-order valence-electron chi connectivity index (χ1n) is 5.67. The third-order valence-electron chi connectivity index (χ3n) is 2.70. The molecule has 1 amide bonds. The summed E-state index contributed by atoms with van der Waals surface area (Å²) in [5, 5.41) is 4.85. The molecule has 4 heteroatoms. The smallest absolute Gasteiger partial charge is 0.261 e. The van der Waals surface area contributed by atoms with Gasteiger partial charge in [-0.1, -0.05) is 24.3 Å². The quantitative estimate of drug-likeness (QED) is 0.849. The molecule has 18 heavy (non-hydrogen) atoms. The Labute approximate surface area is 116 Å². The Morgan fingerprint density at radius 3 is 2.44 bits per heavy atom. The van der Waals surface area contributed by atoms with Crippen LogP contribution in [0, 0.1) is 6.92 Å². The molecule has 0 radical (unpaired) electrons. The molecule has 0 saturated heterocycles. The first-order valence-corrected chi connectivity index (χ1v) is 7.08. The molecular formula is C14H14ClNOS. The zero-order valence-electron chi connectivity index (χ0n) is 10.1. The molecule has 0 aliphatic rings. The van der Waals surface area contributed by atoms with E-state index in [1.165, 1.54) is 11.3 Å². The lowest BCUT2D eigenvalue weighted by molar-refractivity contribution is 0.0954. The average molecular weight is 280 g/mol. The van der Waals surface area contributed by atoms with Crippen LogP contribution in [0.15, 0.2) is 35.7 Å². The van der Waals surface area contributed by atoms with Crippen molar-refractivity contribution < 1.29 is 4.79 Å². The number of thiophene rings is 1. The normalized spacial score (nSPS) is 10.3. The van der Waals surface area contributed by atoms with Gasteiger partial charge in [-0.3, -0.25) is 4.79 Å². The summed E-state index contributed by atoms with van der Waals surface area (Å²) in [6, 6.07) is 9.88. The lowest BCUT2D eigenvalue weighted by Crippen LogP contribution is -2.22. The molecule has 0 aliphatic heterocycles. The molecule has 2 nitrogen and oxygen atoms in total. The maximum atomic E-state index is 11.9. The molecule has 0 spiro atoms. The van der Waals surface area contributed by atoms with Crippen LogP contribution in [-0.2, 0) is 12.4 Å². The fourth-order valence-electron chi connectivity index (χ4n) is 1.61. The van der Waals surface area contributed by atoms with Crippen LogP contribution in [0.25, 0.3) is 0 Å². The molecule has 0 unspecified atom stereocenters. The zero-order valence-corrected chi connectivity index (χ0v) is 11.6. The molecule has 0 aliphatic carbocycles. The number of aryl methyl sites for hydroxylation is 1. The monoisotopic (exact) mass is 279 g/mol. The van der Waals surface area contributed by atoms with Crippen LogP contribution in [0.5, 0.6) is 0 Å². The molecule has 94 valence electrons. The largest absolute Gasteiger partial charge is 0.347 e. The van der Waals surface area contributed by atoms with Gasteiger partial charge < -0.3 is 5.32 Å². The number of rotatable bonds is 4. The van der Waals surface area contributed by atoms with Gasteiger partial charge in [0.2, 0.25) is 0 Å². The van der Waals surface area contributed by atoms with Crippen LogP contribution in [0.2, 0.25) is 0 Å². The highest BCUT2D eigenvalue weighted by atomic mass is 35.5. The SMILES string of the molecule is Cc1ccsc1C(=O)NCc1ccc(CCl)cc1. The van der Waals surface area contributed by atoms with Crippen molar-refractivity contribution >= 4 is 28.8 Å². The van der Waals surface area contributed by atoms with E-state index in [9.17, 15) is 4.79 Å². The summed E-state index contributed by atoms with van der Waals surface area (Å²) in [5.41, 5.74) is 3.18. The molecule has 0 bridgehead atoms. The summed E-state index contributed by atoms with van der Waals surface area (Å²) in [5.74, 6) is 0.505. The van der Waals surface area contributed by atoms with Gasteiger partial charge in [0.05, 0.1) is 4.88 Å². The molecule has 1 heterocycles. The number of alkyl halides is 1. The molecule has 1 aromatic heterocycles. The fraction of sp³-hybridized carbons (Fsp3) is 0.214. The Bertz CT molecular complexity index is 533. The fourth-order valence-corrected chi connectivity index (χ4v) is 2.63. The lowest BCUT2D eigenvalue weighted by atomic mass is 10.1. The van der Waals surface area contributed by atoms with Gasteiger partial charge in [-0.15, -0.1) is 22.9 Å². The lowest BCUT2D eigenvalue weighted by Gasteiger charge is -2.05. The van der Waals surface area contributed by atoms with E-state index in [1.807, 2.05) is 42.6 Å². The summed E-state index contributed by atoms with van der Waals surface area (Å²) in [7, 11) is 0. The van der Waals surface area contributed by atoms with Crippen molar-refractivity contribution in [3.8, 4) is 0 Å². The van der Waals surface area contributed by atoms with E-state index in [0.29, 0.717) is 12.4 Å².